The molecule has 0 aliphatic carbocycles. The molecule has 2 N–H and O–H groups in total. The van der Waals surface area contributed by atoms with Crippen LogP contribution in [0.3, 0.4) is 0 Å². The van der Waals surface area contributed by atoms with Gasteiger partial charge in [0.1, 0.15) is 5.82 Å². The first-order valence-corrected chi connectivity index (χ1v) is 10.4. The van der Waals surface area contributed by atoms with Crippen LogP contribution in [0.2, 0.25) is 0 Å². The zero-order valence-corrected chi connectivity index (χ0v) is 18.2. The Labute approximate surface area is 182 Å². The molecule has 0 saturated heterocycles. The first-order valence-electron chi connectivity index (χ1n) is 10.4. The molecule has 0 radical (unpaired) electrons. The summed E-state index contributed by atoms with van der Waals surface area (Å²) in [6.07, 6.45) is 1.68. The van der Waals surface area contributed by atoms with Gasteiger partial charge in [0.05, 0.1) is 5.41 Å². The SMILES string of the molecule is Cc1cc(CNC(=O)c2ccc(C(C)[C@@]3(C)C(=O)Nc4ncccc43)cc2)cc(C)n1. The van der Waals surface area contributed by atoms with E-state index in [4.69, 9.17) is 0 Å². The van der Waals surface area contributed by atoms with E-state index in [1.807, 2.05) is 76.2 Å². The molecule has 1 aromatic carbocycles. The fourth-order valence-electron chi connectivity index (χ4n) is 4.28. The van der Waals surface area contributed by atoms with Gasteiger partial charge in [0, 0.05) is 35.3 Å². The molecule has 1 aliphatic rings. The highest BCUT2D eigenvalue weighted by Crippen LogP contribution is 2.45. The summed E-state index contributed by atoms with van der Waals surface area (Å²) in [4.78, 5) is 34.0. The fourth-order valence-corrected chi connectivity index (χ4v) is 4.28. The lowest BCUT2D eigenvalue weighted by Crippen LogP contribution is -2.36. The van der Waals surface area contributed by atoms with Gasteiger partial charge in [-0.05, 0) is 68.1 Å². The third-order valence-corrected chi connectivity index (χ3v) is 6.20. The van der Waals surface area contributed by atoms with Crippen LogP contribution >= 0.6 is 0 Å². The monoisotopic (exact) mass is 414 g/mol. The summed E-state index contributed by atoms with van der Waals surface area (Å²) in [6.45, 7) is 8.31. The largest absolute Gasteiger partial charge is 0.348 e. The van der Waals surface area contributed by atoms with Gasteiger partial charge < -0.3 is 10.6 Å². The number of carbonyl (C=O) groups excluding carboxylic acids is 2. The first kappa shape index (κ1) is 20.7. The molecule has 0 spiro atoms. The summed E-state index contributed by atoms with van der Waals surface area (Å²) in [7, 11) is 0. The number of hydrogen-bond donors (Lipinski definition) is 2. The number of hydrogen-bond acceptors (Lipinski definition) is 4. The quantitative estimate of drug-likeness (QED) is 0.660. The molecule has 6 heteroatoms. The molecule has 158 valence electrons. The van der Waals surface area contributed by atoms with Gasteiger partial charge in [0.2, 0.25) is 5.91 Å². The maximum absolute atomic E-state index is 12.8. The molecular weight excluding hydrogens is 388 g/mol. The number of aryl methyl sites for hydroxylation is 2. The molecule has 0 saturated carbocycles. The van der Waals surface area contributed by atoms with Crippen molar-refractivity contribution in [2.75, 3.05) is 5.32 Å². The van der Waals surface area contributed by atoms with Crippen molar-refractivity contribution < 1.29 is 9.59 Å². The standard InChI is InChI=1S/C25H26N4O2/c1-15-12-18(13-16(2)28-15)14-27-23(30)20-9-7-19(8-10-20)17(3)25(4)21-6-5-11-26-22(21)29-24(25)31/h5-13,17H,14H2,1-4H3,(H,27,30)(H,26,29,31)/t17?,25-/m1/s1. The number of anilines is 1. The minimum absolute atomic E-state index is 0.0570. The molecule has 6 nitrogen and oxygen atoms in total. The highest BCUT2D eigenvalue weighted by Gasteiger charge is 2.47. The Morgan fingerprint density at radius 1 is 1.13 bits per heavy atom. The average Bonchev–Trinajstić information content (AvgIpc) is 3.02. The van der Waals surface area contributed by atoms with E-state index in [1.165, 1.54) is 0 Å². The van der Waals surface area contributed by atoms with Crippen molar-refractivity contribution in [1.82, 2.24) is 15.3 Å². The molecule has 4 rings (SSSR count). The van der Waals surface area contributed by atoms with Crippen molar-refractivity contribution in [2.24, 2.45) is 0 Å². The lowest BCUT2D eigenvalue weighted by atomic mass is 9.71. The van der Waals surface area contributed by atoms with Crippen LogP contribution in [0.25, 0.3) is 0 Å². The molecule has 3 heterocycles. The second kappa shape index (κ2) is 7.95. The van der Waals surface area contributed by atoms with Gasteiger partial charge in [0.25, 0.3) is 5.91 Å². The molecule has 2 aromatic heterocycles. The Bertz CT molecular complexity index is 1140. The van der Waals surface area contributed by atoms with E-state index >= 15 is 0 Å². The summed E-state index contributed by atoms with van der Waals surface area (Å²) in [5.41, 5.74) is 4.65. The van der Waals surface area contributed by atoms with Crippen LogP contribution in [0.5, 0.6) is 0 Å². The normalized spacial score (nSPS) is 18.3. The second-order valence-corrected chi connectivity index (χ2v) is 8.34. The van der Waals surface area contributed by atoms with Gasteiger partial charge >= 0.3 is 0 Å². The van der Waals surface area contributed by atoms with Crippen LogP contribution in [0.4, 0.5) is 5.82 Å². The van der Waals surface area contributed by atoms with Gasteiger partial charge in [0.15, 0.2) is 0 Å². The maximum Gasteiger partial charge on any atom is 0.251 e. The Morgan fingerprint density at radius 2 is 1.81 bits per heavy atom. The Kier molecular flexibility index (Phi) is 5.31. The molecule has 1 aliphatic heterocycles. The molecule has 3 aromatic rings. The number of pyridine rings is 2. The predicted molar refractivity (Wildman–Crippen MR) is 120 cm³/mol. The maximum atomic E-state index is 12.8. The number of nitrogens with one attached hydrogen (secondary N) is 2. The number of amides is 2. The van der Waals surface area contributed by atoms with Crippen molar-refractivity contribution in [1.29, 1.82) is 0 Å². The van der Waals surface area contributed by atoms with Gasteiger partial charge in [-0.15, -0.1) is 0 Å². The van der Waals surface area contributed by atoms with Crippen molar-refractivity contribution in [3.63, 3.8) is 0 Å². The topological polar surface area (TPSA) is 84.0 Å². The summed E-state index contributed by atoms with van der Waals surface area (Å²) in [5, 5.41) is 5.85. The van der Waals surface area contributed by atoms with Crippen LogP contribution in [-0.4, -0.2) is 21.8 Å². The van der Waals surface area contributed by atoms with Crippen molar-refractivity contribution >= 4 is 17.6 Å². The number of nitrogens with zero attached hydrogens (tertiary/aromatic N) is 2. The third kappa shape index (κ3) is 3.81. The van der Waals surface area contributed by atoms with Gasteiger partial charge in [-0.2, -0.15) is 0 Å². The van der Waals surface area contributed by atoms with Gasteiger partial charge in [-0.3, -0.25) is 14.6 Å². The Hall–Kier alpha value is -3.54. The van der Waals surface area contributed by atoms with E-state index in [2.05, 4.69) is 20.6 Å². The lowest BCUT2D eigenvalue weighted by molar-refractivity contribution is -0.120. The second-order valence-electron chi connectivity index (χ2n) is 8.34. The van der Waals surface area contributed by atoms with Crippen molar-refractivity contribution in [2.45, 2.75) is 45.6 Å². The molecule has 1 unspecified atom stereocenters. The smallest absolute Gasteiger partial charge is 0.251 e. The summed E-state index contributed by atoms with van der Waals surface area (Å²) in [6, 6.07) is 15.2. The van der Waals surface area contributed by atoms with E-state index < -0.39 is 5.41 Å². The third-order valence-electron chi connectivity index (χ3n) is 6.20. The lowest BCUT2D eigenvalue weighted by Gasteiger charge is -2.30. The van der Waals surface area contributed by atoms with Crippen molar-refractivity contribution in [3.8, 4) is 0 Å². The molecule has 0 fully saturated rings. The summed E-state index contributed by atoms with van der Waals surface area (Å²) < 4.78 is 0. The molecule has 31 heavy (non-hydrogen) atoms. The first-order chi connectivity index (χ1) is 14.8. The zero-order chi connectivity index (χ0) is 22.2. The number of rotatable bonds is 5. The Balaban J connectivity index is 1.49. The van der Waals surface area contributed by atoms with Crippen LogP contribution in [0.1, 0.15) is 58.2 Å². The van der Waals surface area contributed by atoms with Crippen LogP contribution in [0.15, 0.2) is 54.7 Å². The van der Waals surface area contributed by atoms with E-state index in [-0.39, 0.29) is 17.7 Å². The van der Waals surface area contributed by atoms with Crippen LogP contribution in [-0.2, 0) is 16.8 Å². The predicted octanol–water partition coefficient (Wildman–Crippen LogP) is 4.04. The molecular formula is C25H26N4O2. The number of aromatic nitrogens is 2. The number of fused-ring (bicyclic) bond motifs is 1. The van der Waals surface area contributed by atoms with Crippen molar-refractivity contribution in [3.05, 3.63) is 88.4 Å². The number of benzene rings is 1. The fraction of sp³-hybridized carbons (Fsp3) is 0.280. The minimum atomic E-state index is -0.718. The van der Waals surface area contributed by atoms with Gasteiger partial charge in [-0.1, -0.05) is 25.1 Å². The van der Waals surface area contributed by atoms with E-state index in [1.54, 1.807) is 6.20 Å². The summed E-state index contributed by atoms with van der Waals surface area (Å²) in [5.74, 6) is 0.349. The highest BCUT2D eigenvalue weighted by atomic mass is 16.2. The van der Waals surface area contributed by atoms with E-state index in [0.29, 0.717) is 17.9 Å². The Morgan fingerprint density at radius 3 is 2.48 bits per heavy atom. The van der Waals surface area contributed by atoms with Gasteiger partial charge in [-0.25, -0.2) is 4.98 Å². The summed E-state index contributed by atoms with van der Waals surface area (Å²) >= 11 is 0. The van der Waals surface area contributed by atoms with E-state index in [0.717, 1.165) is 28.1 Å². The minimum Gasteiger partial charge on any atom is -0.348 e. The van der Waals surface area contributed by atoms with Crippen LogP contribution < -0.4 is 10.6 Å². The highest BCUT2D eigenvalue weighted by molar-refractivity contribution is 6.05. The molecule has 2 atom stereocenters. The zero-order valence-electron chi connectivity index (χ0n) is 18.2. The van der Waals surface area contributed by atoms with E-state index in [9.17, 15) is 9.59 Å². The molecule has 2 amide bonds. The molecule has 0 bridgehead atoms. The van der Waals surface area contributed by atoms with Crippen LogP contribution in [0, 0.1) is 13.8 Å². The average molecular weight is 415 g/mol. The number of carbonyl (C=O) groups is 2.